The van der Waals surface area contributed by atoms with E-state index in [2.05, 4.69) is 18.8 Å². The summed E-state index contributed by atoms with van der Waals surface area (Å²) in [5, 5.41) is 11.6. The molecule has 1 aliphatic heterocycles. The van der Waals surface area contributed by atoms with E-state index in [0.29, 0.717) is 51.5 Å². The molecule has 9 nitrogen and oxygen atoms in total. The Hall–Kier alpha value is -4.18. The number of hydrogen-bond donors (Lipinski definition) is 1. The molecule has 2 heterocycles. The summed E-state index contributed by atoms with van der Waals surface area (Å²) in [7, 11) is 3.03. The molecule has 1 aliphatic rings. The maximum absolute atomic E-state index is 13.5. The van der Waals surface area contributed by atoms with E-state index in [9.17, 15) is 19.5 Å². The number of nitrogens with zero attached hydrogens (tertiary/aromatic N) is 2. The lowest BCUT2D eigenvalue weighted by molar-refractivity contribution is -0.132. The zero-order valence-corrected chi connectivity index (χ0v) is 24.1. The number of hydrogen-bond acceptors (Lipinski definition) is 9. The van der Waals surface area contributed by atoms with Crippen LogP contribution in [-0.4, -0.2) is 48.4 Å². The molecular weight excluding hydrogens is 532 g/mol. The Morgan fingerprint density at radius 3 is 2.35 bits per heavy atom. The number of aliphatic hydroxyl groups is 1. The molecule has 0 spiro atoms. The molecule has 1 atom stereocenters. The normalized spacial score (nSPS) is 16.5. The minimum Gasteiger partial charge on any atom is -0.507 e. The number of aryl methyl sites for hydroxylation is 1. The van der Waals surface area contributed by atoms with Crippen LogP contribution in [0.4, 0.5) is 5.13 Å². The molecule has 0 aliphatic carbocycles. The minimum absolute atomic E-state index is 0.108. The topological polar surface area (TPSA) is 115 Å². The van der Waals surface area contributed by atoms with Gasteiger partial charge in [-0.05, 0) is 61.2 Å². The summed E-state index contributed by atoms with van der Waals surface area (Å²) in [4.78, 5) is 45.2. The number of methoxy groups -OCH3 is 2. The number of benzene rings is 2. The number of Topliss-reactive ketones (excluding diaryl/α,β-unsaturated/α-hetero) is 2. The number of rotatable bonds is 10. The van der Waals surface area contributed by atoms with E-state index in [-0.39, 0.29) is 22.2 Å². The van der Waals surface area contributed by atoms with Crippen molar-refractivity contribution in [1.29, 1.82) is 0 Å². The fraction of sp³-hybridized carbons (Fsp3) is 0.333. The Bertz CT molecular complexity index is 1470. The fourth-order valence-corrected chi connectivity index (χ4v) is 5.43. The molecule has 1 aromatic heterocycles. The van der Waals surface area contributed by atoms with Crippen LogP contribution < -0.4 is 19.1 Å². The van der Waals surface area contributed by atoms with Crippen molar-refractivity contribution in [2.24, 2.45) is 5.92 Å². The van der Waals surface area contributed by atoms with E-state index in [4.69, 9.17) is 14.2 Å². The van der Waals surface area contributed by atoms with Gasteiger partial charge in [-0.2, -0.15) is 0 Å². The Morgan fingerprint density at radius 1 is 1.07 bits per heavy atom. The number of aromatic nitrogens is 1. The second-order valence-corrected chi connectivity index (χ2v) is 10.8. The van der Waals surface area contributed by atoms with Crippen LogP contribution in [0, 0.1) is 12.8 Å². The van der Waals surface area contributed by atoms with Gasteiger partial charge in [-0.3, -0.25) is 19.3 Å². The average molecular weight is 565 g/mol. The highest BCUT2D eigenvalue weighted by atomic mass is 32.1. The van der Waals surface area contributed by atoms with E-state index in [1.807, 2.05) is 0 Å². The standard InChI is InChI=1S/C30H32N2O7S/c1-16(2)13-14-39-22-12-9-20(15-23(22)38-6)25-24(26(34)19-7-10-21(37-5)11-8-19)27(35)29(36)32(25)30-31-17(3)28(40-30)18(4)33/h7-12,15-16,25,34H,13-14H2,1-6H3/t25-/m1/s1. The van der Waals surface area contributed by atoms with Crippen LogP contribution in [0.1, 0.15) is 59.7 Å². The van der Waals surface area contributed by atoms with Gasteiger partial charge in [0.2, 0.25) is 0 Å². The van der Waals surface area contributed by atoms with Crippen molar-refractivity contribution in [2.75, 3.05) is 25.7 Å². The van der Waals surface area contributed by atoms with Gasteiger partial charge in [-0.1, -0.05) is 31.3 Å². The molecule has 0 radical (unpaired) electrons. The van der Waals surface area contributed by atoms with Crippen LogP contribution in [0.5, 0.6) is 17.2 Å². The lowest BCUT2D eigenvalue weighted by atomic mass is 9.95. The van der Waals surface area contributed by atoms with E-state index in [0.717, 1.165) is 17.8 Å². The summed E-state index contributed by atoms with van der Waals surface area (Å²) in [5.74, 6) is -0.307. The molecular formula is C30H32N2O7S. The molecule has 2 aromatic carbocycles. The molecule has 0 unspecified atom stereocenters. The molecule has 40 heavy (non-hydrogen) atoms. The summed E-state index contributed by atoms with van der Waals surface area (Å²) in [5.41, 5.74) is 1.18. The van der Waals surface area contributed by atoms with Gasteiger partial charge in [0, 0.05) is 12.5 Å². The Balaban J connectivity index is 1.88. The summed E-state index contributed by atoms with van der Waals surface area (Å²) >= 11 is 1.03. The van der Waals surface area contributed by atoms with Gasteiger partial charge in [-0.15, -0.1) is 0 Å². The highest BCUT2D eigenvalue weighted by Gasteiger charge is 2.48. The Kier molecular flexibility index (Phi) is 8.58. The third kappa shape index (κ3) is 5.58. The van der Waals surface area contributed by atoms with Gasteiger partial charge in [0.25, 0.3) is 5.78 Å². The zero-order valence-electron chi connectivity index (χ0n) is 23.3. The predicted octanol–water partition coefficient (Wildman–Crippen LogP) is 5.72. The quantitative estimate of drug-likeness (QED) is 0.144. The van der Waals surface area contributed by atoms with Gasteiger partial charge < -0.3 is 19.3 Å². The van der Waals surface area contributed by atoms with Crippen molar-refractivity contribution in [3.8, 4) is 17.2 Å². The third-order valence-corrected chi connectivity index (χ3v) is 7.83. The van der Waals surface area contributed by atoms with Crippen LogP contribution in [-0.2, 0) is 9.59 Å². The lowest BCUT2D eigenvalue weighted by Crippen LogP contribution is -2.29. The maximum Gasteiger partial charge on any atom is 0.301 e. The third-order valence-electron chi connectivity index (χ3n) is 6.58. The van der Waals surface area contributed by atoms with Crippen molar-refractivity contribution in [2.45, 2.75) is 40.2 Å². The second kappa shape index (κ2) is 11.9. The first-order chi connectivity index (χ1) is 19.1. The van der Waals surface area contributed by atoms with Gasteiger partial charge in [0.1, 0.15) is 11.5 Å². The van der Waals surface area contributed by atoms with E-state index < -0.39 is 17.7 Å². The summed E-state index contributed by atoms with van der Waals surface area (Å²) in [6.07, 6.45) is 0.856. The molecule has 1 fully saturated rings. The average Bonchev–Trinajstić information content (AvgIpc) is 3.44. The van der Waals surface area contributed by atoms with Crippen molar-refractivity contribution in [3.63, 3.8) is 0 Å². The Morgan fingerprint density at radius 2 is 1.77 bits per heavy atom. The molecule has 4 rings (SSSR count). The highest BCUT2D eigenvalue weighted by Crippen LogP contribution is 2.45. The number of ether oxygens (including phenoxy) is 3. The van der Waals surface area contributed by atoms with Crippen LogP contribution in [0.25, 0.3) is 5.76 Å². The number of carbonyl (C=O) groups is 3. The molecule has 1 amide bonds. The van der Waals surface area contributed by atoms with Gasteiger partial charge in [-0.25, -0.2) is 4.98 Å². The van der Waals surface area contributed by atoms with Crippen LogP contribution in [0.3, 0.4) is 0 Å². The van der Waals surface area contributed by atoms with Crippen molar-refractivity contribution in [1.82, 2.24) is 4.98 Å². The van der Waals surface area contributed by atoms with Crippen LogP contribution in [0.15, 0.2) is 48.0 Å². The summed E-state index contributed by atoms with van der Waals surface area (Å²) in [6, 6.07) is 10.6. The first kappa shape index (κ1) is 28.8. The van der Waals surface area contributed by atoms with Crippen LogP contribution in [0.2, 0.25) is 0 Å². The number of anilines is 1. The van der Waals surface area contributed by atoms with Crippen molar-refractivity contribution in [3.05, 3.63) is 69.7 Å². The maximum atomic E-state index is 13.5. The molecule has 1 saturated heterocycles. The zero-order chi connectivity index (χ0) is 29.1. The number of carbonyl (C=O) groups excluding carboxylic acids is 3. The fourth-order valence-electron chi connectivity index (χ4n) is 4.44. The minimum atomic E-state index is -1.04. The Labute approximate surface area is 237 Å². The van der Waals surface area contributed by atoms with Gasteiger partial charge in [0.15, 0.2) is 22.4 Å². The first-order valence-corrected chi connectivity index (χ1v) is 13.6. The monoisotopic (exact) mass is 564 g/mol. The predicted molar refractivity (Wildman–Crippen MR) is 153 cm³/mol. The van der Waals surface area contributed by atoms with E-state index in [1.54, 1.807) is 49.4 Å². The molecule has 10 heteroatoms. The SMILES string of the molecule is COc1ccc(C(O)=C2C(=O)C(=O)N(c3nc(C)c(C(C)=O)s3)[C@@H]2c2ccc(OCCC(C)C)c(OC)c2)cc1. The van der Waals surface area contributed by atoms with E-state index >= 15 is 0 Å². The van der Waals surface area contributed by atoms with Gasteiger partial charge >= 0.3 is 5.91 Å². The molecule has 3 aromatic rings. The largest absolute Gasteiger partial charge is 0.507 e. The second-order valence-electron chi connectivity index (χ2n) is 9.81. The van der Waals surface area contributed by atoms with E-state index in [1.165, 1.54) is 26.0 Å². The summed E-state index contributed by atoms with van der Waals surface area (Å²) in [6.45, 7) is 7.80. The summed E-state index contributed by atoms with van der Waals surface area (Å²) < 4.78 is 16.7. The first-order valence-electron chi connectivity index (χ1n) is 12.8. The number of amides is 1. The molecule has 0 bridgehead atoms. The molecule has 1 N–H and O–H groups in total. The number of thiazole rings is 1. The van der Waals surface area contributed by atoms with Crippen molar-refractivity contribution < 1.29 is 33.7 Å². The molecule has 210 valence electrons. The number of aliphatic hydroxyl groups excluding tert-OH is 1. The molecule has 0 saturated carbocycles. The lowest BCUT2D eigenvalue weighted by Gasteiger charge is -2.24. The highest BCUT2D eigenvalue weighted by molar-refractivity contribution is 7.18. The van der Waals surface area contributed by atoms with Gasteiger partial charge in [0.05, 0.1) is 43.0 Å². The van der Waals surface area contributed by atoms with Crippen LogP contribution >= 0.6 is 11.3 Å². The van der Waals surface area contributed by atoms with Crippen molar-refractivity contribution >= 4 is 39.7 Å². The number of ketones is 2. The smallest absolute Gasteiger partial charge is 0.301 e.